The Morgan fingerprint density at radius 1 is 1.25 bits per heavy atom. The predicted octanol–water partition coefficient (Wildman–Crippen LogP) is 1.10. The highest BCUT2D eigenvalue weighted by Gasteiger charge is 2.15. The number of rotatable bonds is 3. The van der Waals surface area contributed by atoms with Gasteiger partial charge < -0.3 is 5.32 Å². The standard InChI is InChI=1S/C14H15N3O3/c1-9(11-6-4-3-5-7-11)17-12(15-10(2)18)8-13(19)16-14(17)20/h3-9H,1-2H3,(H,15,18)(H,16,19,20). The van der Waals surface area contributed by atoms with Crippen LogP contribution in [0.3, 0.4) is 0 Å². The van der Waals surface area contributed by atoms with E-state index in [0.29, 0.717) is 0 Å². The summed E-state index contributed by atoms with van der Waals surface area (Å²) >= 11 is 0. The Kier molecular flexibility index (Phi) is 3.84. The van der Waals surface area contributed by atoms with Crippen molar-refractivity contribution >= 4 is 11.7 Å². The summed E-state index contributed by atoms with van der Waals surface area (Å²) in [6, 6.07) is 10.2. The van der Waals surface area contributed by atoms with Gasteiger partial charge in [0.1, 0.15) is 5.82 Å². The molecule has 20 heavy (non-hydrogen) atoms. The first-order valence-corrected chi connectivity index (χ1v) is 6.17. The molecule has 0 saturated carbocycles. The van der Waals surface area contributed by atoms with Crippen molar-refractivity contribution in [3.8, 4) is 0 Å². The van der Waals surface area contributed by atoms with Gasteiger partial charge in [-0.15, -0.1) is 0 Å². The maximum absolute atomic E-state index is 12.0. The molecule has 2 N–H and O–H groups in total. The zero-order chi connectivity index (χ0) is 14.7. The van der Waals surface area contributed by atoms with Gasteiger partial charge in [0.15, 0.2) is 0 Å². The molecule has 104 valence electrons. The Morgan fingerprint density at radius 3 is 2.50 bits per heavy atom. The Hall–Kier alpha value is -2.63. The molecule has 6 heteroatoms. The molecule has 1 amide bonds. The van der Waals surface area contributed by atoms with E-state index in [1.807, 2.05) is 37.3 Å². The number of benzene rings is 1. The first-order valence-electron chi connectivity index (χ1n) is 6.17. The number of anilines is 1. The molecule has 6 nitrogen and oxygen atoms in total. The summed E-state index contributed by atoms with van der Waals surface area (Å²) in [7, 11) is 0. The lowest BCUT2D eigenvalue weighted by Crippen LogP contribution is -2.34. The third-order valence-electron chi connectivity index (χ3n) is 2.95. The maximum atomic E-state index is 12.0. The second-order valence-electron chi connectivity index (χ2n) is 4.46. The van der Waals surface area contributed by atoms with Gasteiger partial charge in [0.25, 0.3) is 5.56 Å². The van der Waals surface area contributed by atoms with Crippen LogP contribution >= 0.6 is 0 Å². The maximum Gasteiger partial charge on any atom is 0.330 e. The van der Waals surface area contributed by atoms with Gasteiger partial charge in [-0.3, -0.25) is 19.1 Å². The normalized spacial score (nSPS) is 11.9. The highest BCUT2D eigenvalue weighted by atomic mass is 16.2. The van der Waals surface area contributed by atoms with E-state index in [-0.39, 0.29) is 17.8 Å². The molecule has 2 rings (SSSR count). The van der Waals surface area contributed by atoms with Crippen LogP contribution in [0.1, 0.15) is 25.5 Å². The molecule has 1 aromatic carbocycles. The third kappa shape index (κ3) is 2.85. The molecular formula is C14H15N3O3. The van der Waals surface area contributed by atoms with Crippen LogP contribution in [-0.4, -0.2) is 15.5 Å². The fourth-order valence-corrected chi connectivity index (χ4v) is 2.05. The minimum Gasteiger partial charge on any atom is -0.312 e. The molecule has 1 unspecified atom stereocenters. The van der Waals surface area contributed by atoms with E-state index < -0.39 is 11.2 Å². The smallest absolute Gasteiger partial charge is 0.312 e. The van der Waals surface area contributed by atoms with E-state index >= 15 is 0 Å². The van der Waals surface area contributed by atoms with Gasteiger partial charge >= 0.3 is 5.69 Å². The second kappa shape index (κ2) is 5.56. The number of carbonyl (C=O) groups is 1. The van der Waals surface area contributed by atoms with Crippen molar-refractivity contribution in [3.63, 3.8) is 0 Å². The topological polar surface area (TPSA) is 84.0 Å². The van der Waals surface area contributed by atoms with Crippen LogP contribution in [0.5, 0.6) is 0 Å². The van der Waals surface area contributed by atoms with Gasteiger partial charge in [-0.05, 0) is 12.5 Å². The Bertz CT molecular complexity index is 731. The number of hydrogen-bond donors (Lipinski definition) is 2. The molecule has 0 radical (unpaired) electrons. The summed E-state index contributed by atoms with van der Waals surface area (Å²) in [6.07, 6.45) is 0. The van der Waals surface area contributed by atoms with Crippen molar-refractivity contribution in [2.45, 2.75) is 19.9 Å². The molecule has 0 spiro atoms. The van der Waals surface area contributed by atoms with E-state index in [9.17, 15) is 14.4 Å². The molecule has 0 aliphatic carbocycles. The fraction of sp³-hybridized carbons (Fsp3) is 0.214. The Morgan fingerprint density at radius 2 is 1.90 bits per heavy atom. The van der Waals surface area contributed by atoms with Gasteiger partial charge in [0.05, 0.1) is 6.04 Å². The average molecular weight is 273 g/mol. The molecule has 0 aliphatic heterocycles. The number of hydrogen-bond acceptors (Lipinski definition) is 3. The van der Waals surface area contributed by atoms with E-state index in [1.54, 1.807) is 0 Å². The average Bonchev–Trinajstić information content (AvgIpc) is 2.38. The zero-order valence-corrected chi connectivity index (χ0v) is 11.2. The molecule has 2 aromatic rings. The van der Waals surface area contributed by atoms with Crippen molar-refractivity contribution in [1.29, 1.82) is 0 Å². The van der Waals surface area contributed by atoms with Gasteiger partial charge in [0.2, 0.25) is 5.91 Å². The lowest BCUT2D eigenvalue weighted by Gasteiger charge is -2.19. The van der Waals surface area contributed by atoms with E-state index in [0.717, 1.165) is 5.56 Å². The summed E-state index contributed by atoms with van der Waals surface area (Å²) in [5.41, 5.74) is -0.207. The van der Waals surface area contributed by atoms with Crippen LogP contribution in [0, 0.1) is 0 Å². The van der Waals surface area contributed by atoms with Crippen molar-refractivity contribution < 1.29 is 4.79 Å². The molecule has 0 fully saturated rings. The second-order valence-corrected chi connectivity index (χ2v) is 4.46. The summed E-state index contributed by atoms with van der Waals surface area (Å²) in [5, 5.41) is 2.51. The largest absolute Gasteiger partial charge is 0.330 e. The number of amides is 1. The number of aromatic amines is 1. The van der Waals surface area contributed by atoms with Crippen molar-refractivity contribution in [1.82, 2.24) is 9.55 Å². The van der Waals surface area contributed by atoms with E-state index in [1.165, 1.54) is 17.6 Å². The van der Waals surface area contributed by atoms with Gasteiger partial charge in [-0.2, -0.15) is 0 Å². The molecule has 0 aliphatic rings. The first kappa shape index (κ1) is 13.8. The number of H-pyrrole nitrogens is 1. The lowest BCUT2D eigenvalue weighted by molar-refractivity contribution is -0.114. The quantitative estimate of drug-likeness (QED) is 0.878. The number of aromatic nitrogens is 2. The minimum atomic E-state index is -0.558. The Labute approximate surface area is 115 Å². The number of nitrogens with one attached hydrogen (secondary N) is 2. The summed E-state index contributed by atoms with van der Waals surface area (Å²) in [4.78, 5) is 36.8. The number of carbonyl (C=O) groups excluding carboxylic acids is 1. The van der Waals surface area contributed by atoms with Crippen LogP contribution in [0.4, 0.5) is 5.82 Å². The summed E-state index contributed by atoms with van der Waals surface area (Å²) in [6.45, 7) is 3.14. The summed E-state index contributed by atoms with van der Waals surface area (Å²) < 4.78 is 1.35. The monoisotopic (exact) mass is 273 g/mol. The molecule has 0 bridgehead atoms. The summed E-state index contributed by atoms with van der Waals surface area (Å²) in [5.74, 6) is -0.161. The van der Waals surface area contributed by atoms with Gasteiger partial charge in [-0.25, -0.2) is 4.79 Å². The Balaban J connectivity index is 2.58. The van der Waals surface area contributed by atoms with Crippen LogP contribution in [0.15, 0.2) is 46.0 Å². The van der Waals surface area contributed by atoms with Gasteiger partial charge in [-0.1, -0.05) is 30.3 Å². The molecule has 1 aromatic heterocycles. The minimum absolute atomic E-state index is 0.183. The highest BCUT2D eigenvalue weighted by molar-refractivity contribution is 5.87. The number of nitrogens with zero attached hydrogens (tertiary/aromatic N) is 1. The van der Waals surface area contributed by atoms with Crippen molar-refractivity contribution in [2.75, 3.05) is 5.32 Å². The molecule has 1 atom stereocenters. The SMILES string of the molecule is CC(=O)Nc1cc(=O)[nH]c(=O)n1C(C)c1ccccc1. The zero-order valence-electron chi connectivity index (χ0n) is 11.2. The molecular weight excluding hydrogens is 258 g/mol. The predicted molar refractivity (Wildman–Crippen MR) is 75.9 cm³/mol. The van der Waals surface area contributed by atoms with E-state index in [2.05, 4.69) is 10.3 Å². The van der Waals surface area contributed by atoms with Crippen molar-refractivity contribution in [2.24, 2.45) is 0 Å². The highest BCUT2D eigenvalue weighted by Crippen LogP contribution is 2.18. The fourth-order valence-electron chi connectivity index (χ4n) is 2.05. The molecule has 0 saturated heterocycles. The van der Waals surface area contributed by atoms with E-state index in [4.69, 9.17) is 0 Å². The first-order chi connectivity index (χ1) is 9.49. The van der Waals surface area contributed by atoms with Crippen molar-refractivity contribution in [3.05, 3.63) is 62.8 Å². The van der Waals surface area contributed by atoms with Crippen LogP contribution < -0.4 is 16.6 Å². The molecule has 1 heterocycles. The lowest BCUT2D eigenvalue weighted by atomic mass is 10.1. The van der Waals surface area contributed by atoms with Crippen LogP contribution in [-0.2, 0) is 4.79 Å². The van der Waals surface area contributed by atoms with Crippen LogP contribution in [0.25, 0.3) is 0 Å². The third-order valence-corrected chi connectivity index (χ3v) is 2.95. The van der Waals surface area contributed by atoms with Crippen LogP contribution in [0.2, 0.25) is 0 Å². The van der Waals surface area contributed by atoms with Gasteiger partial charge in [0, 0.05) is 13.0 Å².